The van der Waals surface area contributed by atoms with E-state index >= 15 is 0 Å². The summed E-state index contributed by atoms with van der Waals surface area (Å²) in [5, 5.41) is 7.45. The first kappa shape index (κ1) is 10.5. The summed E-state index contributed by atoms with van der Waals surface area (Å²) in [4.78, 5) is 4.09. The van der Waals surface area contributed by atoms with Crippen LogP contribution in [0.5, 0.6) is 0 Å². The van der Waals surface area contributed by atoms with E-state index < -0.39 is 0 Å². The predicted molar refractivity (Wildman–Crippen MR) is 52.6 cm³/mol. The van der Waals surface area contributed by atoms with E-state index in [9.17, 15) is 0 Å². The Morgan fingerprint density at radius 3 is 3.00 bits per heavy atom. The van der Waals surface area contributed by atoms with Crippen LogP contribution in [0.2, 0.25) is 0 Å². The van der Waals surface area contributed by atoms with Gasteiger partial charge < -0.3 is 5.32 Å². The molecule has 0 aliphatic rings. The molecule has 0 spiro atoms. The fourth-order valence-corrected chi connectivity index (χ4v) is 1.09. The summed E-state index contributed by atoms with van der Waals surface area (Å²) in [5.74, 6) is 0.947. The molecule has 1 heterocycles. The summed E-state index contributed by atoms with van der Waals surface area (Å²) >= 11 is 5.80. The van der Waals surface area contributed by atoms with Crippen LogP contribution >= 0.6 is 11.6 Å². The number of halogens is 1. The van der Waals surface area contributed by atoms with Gasteiger partial charge in [-0.1, -0.05) is 0 Å². The number of nitrogens with one attached hydrogen (secondary N) is 1. The van der Waals surface area contributed by atoms with Crippen LogP contribution in [0.1, 0.15) is 19.2 Å². The highest BCUT2D eigenvalue weighted by Gasteiger charge is 1.99. The molecule has 0 amide bonds. The Balaban J connectivity index is 2.17. The Kier molecular flexibility index (Phi) is 4.18. The molecule has 0 aliphatic heterocycles. The van der Waals surface area contributed by atoms with Crippen molar-refractivity contribution in [1.29, 1.82) is 0 Å². The average molecular weight is 203 g/mol. The molecule has 0 aliphatic carbocycles. The van der Waals surface area contributed by atoms with Gasteiger partial charge in [0.25, 0.3) is 0 Å². The molecule has 13 heavy (non-hydrogen) atoms. The van der Waals surface area contributed by atoms with Gasteiger partial charge in [-0.15, -0.1) is 11.6 Å². The van der Waals surface area contributed by atoms with Crippen molar-refractivity contribution >= 4 is 11.6 Å². The van der Waals surface area contributed by atoms with E-state index in [0.717, 1.165) is 25.3 Å². The fraction of sp³-hybridized carbons (Fsp3) is 0.750. The van der Waals surface area contributed by atoms with Gasteiger partial charge in [-0.2, -0.15) is 5.10 Å². The molecule has 0 saturated carbocycles. The molecule has 0 aromatic carbocycles. The van der Waals surface area contributed by atoms with Crippen molar-refractivity contribution in [3.05, 3.63) is 12.2 Å². The normalized spacial score (nSPS) is 13.2. The molecule has 0 saturated heterocycles. The van der Waals surface area contributed by atoms with Crippen molar-refractivity contribution in [1.82, 2.24) is 20.1 Å². The molecule has 1 aromatic rings. The molecular formula is C8H15ClN4. The zero-order valence-electron chi connectivity index (χ0n) is 8.00. The first-order valence-corrected chi connectivity index (χ1v) is 4.81. The number of aryl methyl sites for hydroxylation is 1. The van der Waals surface area contributed by atoms with Crippen LogP contribution in [0.3, 0.4) is 0 Å². The van der Waals surface area contributed by atoms with Gasteiger partial charge in [0, 0.05) is 12.4 Å². The summed E-state index contributed by atoms with van der Waals surface area (Å²) in [5.41, 5.74) is 0. The first-order chi connectivity index (χ1) is 6.20. The minimum Gasteiger partial charge on any atom is -0.310 e. The number of nitrogens with zero attached hydrogens (tertiary/aromatic N) is 3. The third kappa shape index (κ3) is 3.74. The SMILES string of the molecule is CC(Cl)CCNCc1ncnn1C. The topological polar surface area (TPSA) is 42.7 Å². The van der Waals surface area contributed by atoms with Gasteiger partial charge in [0.1, 0.15) is 12.2 Å². The number of hydrogen-bond acceptors (Lipinski definition) is 3. The quantitative estimate of drug-likeness (QED) is 0.571. The summed E-state index contributed by atoms with van der Waals surface area (Å²) in [6, 6.07) is 0. The van der Waals surface area contributed by atoms with Gasteiger partial charge in [-0.25, -0.2) is 4.98 Å². The van der Waals surface area contributed by atoms with Gasteiger partial charge in [-0.3, -0.25) is 4.68 Å². The molecule has 4 nitrogen and oxygen atoms in total. The first-order valence-electron chi connectivity index (χ1n) is 4.38. The number of alkyl halides is 1. The lowest BCUT2D eigenvalue weighted by Crippen LogP contribution is -2.19. The van der Waals surface area contributed by atoms with Crippen LogP contribution in [0.4, 0.5) is 0 Å². The van der Waals surface area contributed by atoms with Gasteiger partial charge in [-0.05, 0) is 19.9 Å². The molecule has 0 bridgehead atoms. The summed E-state index contributed by atoms with van der Waals surface area (Å²) in [7, 11) is 1.88. The maximum absolute atomic E-state index is 5.80. The lowest BCUT2D eigenvalue weighted by Gasteiger charge is -2.04. The van der Waals surface area contributed by atoms with E-state index in [0.29, 0.717) is 0 Å². The predicted octanol–water partition coefficient (Wildman–Crippen LogP) is 0.922. The molecule has 1 aromatic heterocycles. The second-order valence-electron chi connectivity index (χ2n) is 3.05. The highest BCUT2D eigenvalue weighted by Crippen LogP contribution is 1.98. The van der Waals surface area contributed by atoms with Crippen molar-refractivity contribution in [2.24, 2.45) is 7.05 Å². The number of rotatable bonds is 5. The van der Waals surface area contributed by atoms with Crippen molar-refractivity contribution in [2.45, 2.75) is 25.3 Å². The zero-order valence-corrected chi connectivity index (χ0v) is 8.75. The largest absolute Gasteiger partial charge is 0.310 e. The van der Waals surface area contributed by atoms with E-state index in [4.69, 9.17) is 11.6 Å². The smallest absolute Gasteiger partial charge is 0.140 e. The highest BCUT2D eigenvalue weighted by atomic mass is 35.5. The molecule has 1 N–H and O–H groups in total. The minimum absolute atomic E-state index is 0.229. The van der Waals surface area contributed by atoms with Gasteiger partial charge in [0.15, 0.2) is 0 Å². The molecule has 0 radical (unpaired) electrons. The van der Waals surface area contributed by atoms with E-state index in [1.165, 1.54) is 0 Å². The molecule has 1 unspecified atom stereocenters. The lowest BCUT2D eigenvalue weighted by molar-refractivity contribution is 0.595. The third-order valence-corrected chi connectivity index (χ3v) is 2.03. The molecule has 0 fully saturated rings. The lowest BCUT2D eigenvalue weighted by atomic mass is 10.3. The molecular weight excluding hydrogens is 188 g/mol. The summed E-state index contributed by atoms with van der Waals surface area (Å²) in [6.45, 7) is 3.66. The summed E-state index contributed by atoms with van der Waals surface area (Å²) < 4.78 is 1.76. The number of aromatic nitrogens is 3. The van der Waals surface area contributed by atoms with Crippen LogP contribution in [0.15, 0.2) is 6.33 Å². The molecule has 5 heteroatoms. The minimum atomic E-state index is 0.229. The van der Waals surface area contributed by atoms with Gasteiger partial charge >= 0.3 is 0 Å². The van der Waals surface area contributed by atoms with Crippen LogP contribution in [0.25, 0.3) is 0 Å². The van der Waals surface area contributed by atoms with Crippen molar-refractivity contribution in [3.63, 3.8) is 0 Å². The molecule has 74 valence electrons. The molecule has 1 rings (SSSR count). The zero-order chi connectivity index (χ0) is 9.68. The van der Waals surface area contributed by atoms with Crippen molar-refractivity contribution in [2.75, 3.05) is 6.54 Å². The van der Waals surface area contributed by atoms with Crippen molar-refractivity contribution in [3.8, 4) is 0 Å². The van der Waals surface area contributed by atoms with Crippen LogP contribution in [0, 0.1) is 0 Å². The second-order valence-corrected chi connectivity index (χ2v) is 3.79. The van der Waals surface area contributed by atoms with E-state index in [1.54, 1.807) is 11.0 Å². The maximum atomic E-state index is 5.80. The Labute approximate surface area is 83.3 Å². The van der Waals surface area contributed by atoms with Gasteiger partial charge in [0.2, 0.25) is 0 Å². The van der Waals surface area contributed by atoms with E-state index in [1.807, 2.05) is 14.0 Å². The third-order valence-electron chi connectivity index (χ3n) is 1.81. The standard InChI is InChI=1S/C8H15ClN4/c1-7(9)3-4-10-5-8-11-6-12-13(8)2/h6-7,10H,3-5H2,1-2H3. The van der Waals surface area contributed by atoms with E-state index in [-0.39, 0.29) is 5.38 Å². The Bertz CT molecular complexity index is 246. The Morgan fingerprint density at radius 2 is 2.46 bits per heavy atom. The van der Waals surface area contributed by atoms with Crippen molar-refractivity contribution < 1.29 is 0 Å². The average Bonchev–Trinajstić information content (AvgIpc) is 2.45. The molecule has 1 atom stereocenters. The highest BCUT2D eigenvalue weighted by molar-refractivity contribution is 6.20. The van der Waals surface area contributed by atoms with Crippen LogP contribution in [-0.4, -0.2) is 26.7 Å². The van der Waals surface area contributed by atoms with E-state index in [2.05, 4.69) is 15.4 Å². The monoisotopic (exact) mass is 202 g/mol. The Morgan fingerprint density at radius 1 is 1.69 bits per heavy atom. The van der Waals surface area contributed by atoms with Crippen LogP contribution < -0.4 is 5.32 Å². The fourth-order valence-electron chi connectivity index (χ4n) is 0.981. The Hall–Kier alpha value is -0.610. The maximum Gasteiger partial charge on any atom is 0.140 e. The number of hydrogen-bond donors (Lipinski definition) is 1. The van der Waals surface area contributed by atoms with Gasteiger partial charge in [0.05, 0.1) is 6.54 Å². The van der Waals surface area contributed by atoms with Crippen LogP contribution in [-0.2, 0) is 13.6 Å². The summed E-state index contributed by atoms with van der Waals surface area (Å²) in [6.07, 6.45) is 2.53. The second kappa shape index (κ2) is 5.19.